The average molecular weight is 381 g/mol. The second kappa shape index (κ2) is 10.2. The third-order valence-corrected chi connectivity index (χ3v) is 5.29. The Hall–Kier alpha value is -2.42. The first kappa shape index (κ1) is 21.9. The molecule has 0 bridgehead atoms. The first-order chi connectivity index (χ1) is 13.5. The van der Waals surface area contributed by atoms with Crippen molar-refractivity contribution in [3.63, 3.8) is 0 Å². The van der Waals surface area contributed by atoms with Gasteiger partial charge in [0.1, 0.15) is 5.82 Å². The fraction of sp³-hybridized carbons (Fsp3) is 0.400. The van der Waals surface area contributed by atoms with Gasteiger partial charge in [0.2, 0.25) is 0 Å². The molecule has 0 heterocycles. The molecule has 0 atom stereocenters. The Bertz CT molecular complexity index is 878. The zero-order valence-electron chi connectivity index (χ0n) is 18.1. The van der Waals surface area contributed by atoms with Crippen LogP contribution in [-0.4, -0.2) is 12.8 Å². The minimum atomic E-state index is -0.197. The van der Waals surface area contributed by atoms with E-state index in [-0.39, 0.29) is 5.82 Å². The molecule has 0 saturated carbocycles. The van der Waals surface area contributed by atoms with Gasteiger partial charge in [0, 0.05) is 35.3 Å². The maximum Gasteiger partial charge on any atom is 0.140 e. The molecule has 0 aliphatic rings. The van der Waals surface area contributed by atoms with Gasteiger partial charge in [-0.3, -0.25) is 4.99 Å². The van der Waals surface area contributed by atoms with Crippen LogP contribution in [0.25, 0.3) is 11.1 Å². The quantitative estimate of drug-likeness (QED) is 0.474. The van der Waals surface area contributed by atoms with Crippen molar-refractivity contribution in [3.05, 3.63) is 64.6 Å². The highest BCUT2D eigenvalue weighted by atomic mass is 19.1. The number of hydrogen-bond donors (Lipinski definition) is 1. The molecule has 0 saturated heterocycles. The highest BCUT2D eigenvalue weighted by molar-refractivity contribution is 6.00. The molecule has 2 rings (SSSR count). The van der Waals surface area contributed by atoms with E-state index in [1.54, 1.807) is 0 Å². The molecule has 0 fully saturated rings. The summed E-state index contributed by atoms with van der Waals surface area (Å²) < 4.78 is 15.6. The maximum atomic E-state index is 15.6. The second-order valence-corrected chi connectivity index (χ2v) is 7.13. The van der Waals surface area contributed by atoms with E-state index >= 15 is 4.39 Å². The Labute approximate surface area is 169 Å². The molecule has 28 heavy (non-hydrogen) atoms. The van der Waals surface area contributed by atoms with Crippen molar-refractivity contribution in [2.75, 3.05) is 12.4 Å². The summed E-state index contributed by atoms with van der Waals surface area (Å²) in [6.45, 7) is 10.4. The van der Waals surface area contributed by atoms with Crippen molar-refractivity contribution >= 4 is 11.4 Å². The van der Waals surface area contributed by atoms with Gasteiger partial charge in [-0.2, -0.15) is 0 Å². The minimum Gasteiger partial charge on any atom is -0.388 e. The van der Waals surface area contributed by atoms with Crippen molar-refractivity contribution in [1.82, 2.24) is 0 Å². The summed E-state index contributed by atoms with van der Waals surface area (Å²) in [6, 6.07) is 11.6. The number of nitrogens with one attached hydrogen (secondary N) is 1. The molecule has 0 aromatic heterocycles. The fourth-order valence-electron chi connectivity index (χ4n) is 3.54. The van der Waals surface area contributed by atoms with E-state index in [9.17, 15) is 0 Å². The summed E-state index contributed by atoms with van der Waals surface area (Å²) in [5.41, 5.74) is 7.41. The third-order valence-electron chi connectivity index (χ3n) is 5.29. The van der Waals surface area contributed by atoms with E-state index in [1.807, 2.05) is 50.4 Å². The Morgan fingerprint density at radius 1 is 1.00 bits per heavy atom. The topological polar surface area (TPSA) is 24.4 Å². The molecule has 2 aromatic carbocycles. The van der Waals surface area contributed by atoms with Crippen molar-refractivity contribution in [2.24, 2.45) is 4.99 Å². The molecular formula is C25H33FN2. The minimum absolute atomic E-state index is 0.197. The lowest BCUT2D eigenvalue weighted by atomic mass is 9.94. The predicted molar refractivity (Wildman–Crippen MR) is 121 cm³/mol. The summed E-state index contributed by atoms with van der Waals surface area (Å²) in [5, 5.41) is 3.22. The van der Waals surface area contributed by atoms with Gasteiger partial charge in [0.25, 0.3) is 0 Å². The standard InChI is InChI=1S/C25H33FN2/c1-7-12-23(17(4)8-2)28-18(5)20-13-10-15-22(25(20)26)21-14-11-16-24(27-6)19(21)9-3/h10-11,13-16,27H,7-9,12H2,1-6H3/b23-17+,28-18+. The predicted octanol–water partition coefficient (Wildman–Crippen LogP) is 7.39. The second-order valence-electron chi connectivity index (χ2n) is 7.13. The van der Waals surface area contributed by atoms with Crippen molar-refractivity contribution in [1.29, 1.82) is 0 Å². The molecule has 3 heteroatoms. The van der Waals surface area contributed by atoms with Crippen LogP contribution in [0.2, 0.25) is 0 Å². The molecule has 0 aliphatic carbocycles. The van der Waals surface area contributed by atoms with Crippen LogP contribution in [0.5, 0.6) is 0 Å². The number of benzene rings is 2. The van der Waals surface area contributed by atoms with Crippen LogP contribution in [0.4, 0.5) is 10.1 Å². The van der Waals surface area contributed by atoms with Gasteiger partial charge in [0.05, 0.1) is 0 Å². The molecule has 0 amide bonds. The highest BCUT2D eigenvalue weighted by Crippen LogP contribution is 2.33. The van der Waals surface area contributed by atoms with Crippen molar-refractivity contribution in [2.45, 2.75) is 60.3 Å². The van der Waals surface area contributed by atoms with E-state index in [2.05, 4.69) is 33.0 Å². The third kappa shape index (κ3) is 4.70. The fourth-order valence-corrected chi connectivity index (χ4v) is 3.54. The number of rotatable bonds is 8. The summed E-state index contributed by atoms with van der Waals surface area (Å²) in [7, 11) is 1.90. The molecule has 1 N–H and O–H groups in total. The summed E-state index contributed by atoms with van der Waals surface area (Å²) >= 11 is 0. The molecule has 0 aliphatic heterocycles. The van der Waals surface area contributed by atoms with E-state index in [4.69, 9.17) is 4.99 Å². The largest absolute Gasteiger partial charge is 0.388 e. The monoisotopic (exact) mass is 380 g/mol. The first-order valence-corrected chi connectivity index (χ1v) is 10.3. The number of nitrogens with zero attached hydrogens (tertiary/aromatic N) is 1. The maximum absolute atomic E-state index is 15.6. The number of hydrogen-bond acceptors (Lipinski definition) is 2. The van der Waals surface area contributed by atoms with E-state index in [0.29, 0.717) is 11.1 Å². The Kier molecular flexibility index (Phi) is 7.98. The lowest BCUT2D eigenvalue weighted by Crippen LogP contribution is -2.04. The Morgan fingerprint density at radius 2 is 1.68 bits per heavy atom. The molecule has 0 spiro atoms. The molecule has 0 radical (unpaired) electrons. The summed E-state index contributed by atoms with van der Waals surface area (Å²) in [4.78, 5) is 4.82. The van der Waals surface area contributed by atoms with Crippen LogP contribution in [-0.2, 0) is 6.42 Å². The molecule has 150 valence electrons. The lowest BCUT2D eigenvalue weighted by Gasteiger charge is -2.16. The lowest BCUT2D eigenvalue weighted by molar-refractivity contribution is 0.628. The SMILES string of the molecule is CCCC(/N=C(\C)c1cccc(-c2cccc(NC)c2CC)c1F)=C(/C)CC. The van der Waals surface area contributed by atoms with E-state index in [1.165, 1.54) is 5.57 Å². The average Bonchev–Trinajstić information content (AvgIpc) is 2.72. The van der Waals surface area contributed by atoms with Gasteiger partial charge < -0.3 is 5.32 Å². The first-order valence-electron chi connectivity index (χ1n) is 10.3. The Balaban J connectivity index is 2.59. The van der Waals surface area contributed by atoms with Crippen LogP contribution in [0.15, 0.2) is 52.7 Å². The van der Waals surface area contributed by atoms with Gasteiger partial charge in [0.15, 0.2) is 0 Å². The van der Waals surface area contributed by atoms with Gasteiger partial charge in [-0.1, -0.05) is 63.1 Å². The van der Waals surface area contributed by atoms with Crippen molar-refractivity contribution in [3.8, 4) is 11.1 Å². The van der Waals surface area contributed by atoms with Gasteiger partial charge in [-0.25, -0.2) is 4.39 Å². The van der Waals surface area contributed by atoms with Gasteiger partial charge in [-0.05, 0) is 50.3 Å². The van der Waals surface area contributed by atoms with Gasteiger partial charge in [-0.15, -0.1) is 0 Å². The Morgan fingerprint density at radius 3 is 2.29 bits per heavy atom. The van der Waals surface area contributed by atoms with Crippen LogP contribution < -0.4 is 5.32 Å². The normalized spacial score (nSPS) is 12.8. The van der Waals surface area contributed by atoms with Gasteiger partial charge >= 0.3 is 0 Å². The zero-order chi connectivity index (χ0) is 20.7. The molecular weight excluding hydrogens is 347 g/mol. The number of allylic oxidation sites excluding steroid dienone is 2. The zero-order valence-corrected chi connectivity index (χ0v) is 18.1. The summed E-state index contributed by atoms with van der Waals surface area (Å²) in [6.07, 6.45) is 3.75. The smallest absolute Gasteiger partial charge is 0.140 e. The number of aliphatic imine (C=N–C) groups is 1. The van der Waals surface area contributed by atoms with Crippen LogP contribution in [0.1, 0.15) is 65.0 Å². The molecule has 0 unspecified atom stereocenters. The number of anilines is 1. The van der Waals surface area contributed by atoms with Crippen molar-refractivity contribution < 1.29 is 4.39 Å². The highest BCUT2D eigenvalue weighted by Gasteiger charge is 2.16. The van der Waals surface area contributed by atoms with Crippen LogP contribution >= 0.6 is 0 Å². The summed E-state index contributed by atoms with van der Waals surface area (Å²) in [5.74, 6) is -0.197. The molecule has 2 aromatic rings. The van der Waals surface area contributed by atoms with E-state index in [0.717, 1.165) is 53.9 Å². The number of halogens is 1. The van der Waals surface area contributed by atoms with Crippen LogP contribution in [0.3, 0.4) is 0 Å². The van der Waals surface area contributed by atoms with Crippen LogP contribution in [0, 0.1) is 5.82 Å². The van der Waals surface area contributed by atoms with E-state index < -0.39 is 0 Å². The molecule has 2 nitrogen and oxygen atoms in total.